The molecule has 1 atom stereocenters. The monoisotopic (exact) mass is 325 g/mol. The second-order valence-corrected chi connectivity index (χ2v) is 12.4. The Bertz CT molecular complexity index is 552. The predicted octanol–water partition coefficient (Wildman–Crippen LogP) is 5.14. The molecule has 1 aromatic carbocycles. The zero-order valence-corrected chi connectivity index (χ0v) is 15.2. The van der Waals surface area contributed by atoms with Gasteiger partial charge in [-0.05, 0) is 42.8 Å². The van der Waals surface area contributed by atoms with Crippen LogP contribution in [0.5, 0.6) is 0 Å². The Morgan fingerprint density at radius 3 is 2.62 bits per heavy atom. The van der Waals surface area contributed by atoms with E-state index >= 15 is 0 Å². The predicted molar refractivity (Wildman–Crippen MR) is 90.3 cm³/mol. The lowest BCUT2D eigenvalue weighted by Gasteiger charge is -2.39. The second kappa shape index (κ2) is 5.74. The summed E-state index contributed by atoms with van der Waals surface area (Å²) in [5, 5.41) is 3.75. The fourth-order valence-electron chi connectivity index (χ4n) is 2.20. The summed E-state index contributed by atoms with van der Waals surface area (Å²) < 4.78 is 6.54. The quantitative estimate of drug-likeness (QED) is 0.765. The van der Waals surface area contributed by atoms with Crippen molar-refractivity contribution in [1.82, 2.24) is 0 Å². The molecule has 1 aliphatic rings. The van der Waals surface area contributed by atoms with E-state index in [0.717, 1.165) is 11.3 Å². The molecule has 1 amide bonds. The van der Waals surface area contributed by atoms with E-state index in [1.165, 1.54) is 0 Å². The molecule has 0 saturated carbocycles. The number of fused-ring (bicyclic) bond motifs is 1. The van der Waals surface area contributed by atoms with Crippen molar-refractivity contribution in [3.8, 4) is 0 Å². The largest absolute Gasteiger partial charge is 0.410 e. The number of carbonyl (C=O) groups is 1. The van der Waals surface area contributed by atoms with Crippen molar-refractivity contribution in [3.63, 3.8) is 0 Å². The lowest BCUT2D eigenvalue weighted by atomic mass is 10.1. The van der Waals surface area contributed by atoms with Gasteiger partial charge in [-0.2, -0.15) is 0 Å². The summed E-state index contributed by atoms with van der Waals surface area (Å²) in [6.07, 6.45) is 1.11. The summed E-state index contributed by atoms with van der Waals surface area (Å²) >= 11 is 6.14. The first kappa shape index (κ1) is 16.5. The van der Waals surface area contributed by atoms with Gasteiger partial charge in [-0.1, -0.05) is 32.4 Å². The van der Waals surface area contributed by atoms with Gasteiger partial charge in [0.2, 0.25) is 5.91 Å². The van der Waals surface area contributed by atoms with Crippen LogP contribution in [-0.4, -0.2) is 14.2 Å². The Kier molecular flexibility index (Phi) is 4.52. The molecule has 1 N–H and O–H groups in total. The number of carbonyl (C=O) groups excluding carboxylic acids is 1. The summed E-state index contributed by atoms with van der Waals surface area (Å²) in [6, 6.07) is 5.58. The maximum absolute atomic E-state index is 11.9. The fourth-order valence-corrected chi connectivity index (χ4v) is 3.69. The van der Waals surface area contributed by atoms with Gasteiger partial charge in [-0.3, -0.25) is 4.79 Å². The van der Waals surface area contributed by atoms with Crippen LogP contribution in [0.25, 0.3) is 0 Å². The third kappa shape index (κ3) is 3.68. The molecule has 1 heterocycles. The Morgan fingerprint density at radius 1 is 1.33 bits per heavy atom. The molecule has 5 heteroatoms. The third-order valence-corrected chi connectivity index (χ3v) is 9.23. The summed E-state index contributed by atoms with van der Waals surface area (Å²) in [5.74, 6) is 0.0416. The number of hydrogen-bond donors (Lipinski definition) is 1. The summed E-state index contributed by atoms with van der Waals surface area (Å²) in [6.45, 7) is 11.1. The molecule has 0 spiro atoms. The fraction of sp³-hybridized carbons (Fsp3) is 0.562. The number of nitrogens with one attached hydrogen (secondary N) is 1. The molecule has 1 unspecified atom stereocenters. The van der Waals surface area contributed by atoms with Gasteiger partial charge in [0.15, 0.2) is 8.32 Å². The minimum Gasteiger partial charge on any atom is -0.410 e. The first-order valence-corrected chi connectivity index (χ1v) is 10.7. The molecule has 21 heavy (non-hydrogen) atoms. The number of halogens is 1. The van der Waals surface area contributed by atoms with E-state index < -0.39 is 8.32 Å². The first-order chi connectivity index (χ1) is 9.60. The topological polar surface area (TPSA) is 38.3 Å². The molecule has 0 aromatic heterocycles. The summed E-state index contributed by atoms with van der Waals surface area (Å²) in [5.41, 5.74) is 1.82. The van der Waals surface area contributed by atoms with E-state index in [-0.39, 0.29) is 17.0 Å². The molecular weight excluding hydrogens is 302 g/mol. The molecule has 0 aliphatic carbocycles. The molecule has 0 saturated heterocycles. The van der Waals surface area contributed by atoms with E-state index in [1.54, 1.807) is 6.07 Å². The molecule has 1 aliphatic heterocycles. The van der Waals surface area contributed by atoms with Crippen LogP contribution in [0.3, 0.4) is 0 Å². The maximum atomic E-state index is 11.9. The molecular formula is C16H24ClNO2Si. The van der Waals surface area contributed by atoms with Crippen molar-refractivity contribution in [2.24, 2.45) is 0 Å². The minimum atomic E-state index is -1.90. The highest BCUT2D eigenvalue weighted by Gasteiger charge is 2.40. The van der Waals surface area contributed by atoms with Gasteiger partial charge in [-0.15, -0.1) is 0 Å². The molecule has 0 radical (unpaired) electrons. The van der Waals surface area contributed by atoms with Crippen LogP contribution in [0.15, 0.2) is 18.2 Å². The normalized spacial score (nSPS) is 19.7. The van der Waals surface area contributed by atoms with E-state index in [1.807, 2.05) is 12.1 Å². The van der Waals surface area contributed by atoms with Gasteiger partial charge in [0, 0.05) is 22.7 Å². The van der Waals surface area contributed by atoms with Crippen molar-refractivity contribution in [1.29, 1.82) is 0 Å². The average molecular weight is 326 g/mol. The van der Waals surface area contributed by atoms with Crippen molar-refractivity contribution in [2.45, 2.75) is 57.8 Å². The van der Waals surface area contributed by atoms with Crippen LogP contribution >= 0.6 is 11.6 Å². The van der Waals surface area contributed by atoms with Crippen LogP contribution in [0, 0.1) is 0 Å². The van der Waals surface area contributed by atoms with Crippen LogP contribution in [0.4, 0.5) is 5.69 Å². The Balaban J connectivity index is 2.37. The van der Waals surface area contributed by atoms with Gasteiger partial charge >= 0.3 is 0 Å². The summed E-state index contributed by atoms with van der Waals surface area (Å²) in [7, 11) is -1.90. The maximum Gasteiger partial charge on any atom is 0.224 e. The highest BCUT2D eigenvalue weighted by atomic mass is 35.5. The number of benzene rings is 1. The van der Waals surface area contributed by atoms with Crippen molar-refractivity contribution < 1.29 is 9.22 Å². The lowest BCUT2D eigenvalue weighted by molar-refractivity contribution is -0.116. The molecule has 1 aromatic rings. The lowest BCUT2D eigenvalue weighted by Crippen LogP contribution is -2.41. The van der Waals surface area contributed by atoms with Crippen LogP contribution in [0.1, 0.15) is 45.3 Å². The Labute approximate surface area is 133 Å². The Morgan fingerprint density at radius 2 is 2.00 bits per heavy atom. The van der Waals surface area contributed by atoms with Crippen molar-refractivity contribution >= 4 is 31.5 Å². The number of rotatable bonds is 2. The van der Waals surface area contributed by atoms with E-state index in [9.17, 15) is 4.79 Å². The number of amides is 1. The van der Waals surface area contributed by atoms with Gasteiger partial charge in [0.25, 0.3) is 0 Å². The highest BCUT2D eigenvalue weighted by Crippen LogP contribution is 2.43. The van der Waals surface area contributed by atoms with E-state index in [4.69, 9.17) is 16.0 Å². The van der Waals surface area contributed by atoms with Crippen LogP contribution < -0.4 is 5.32 Å². The van der Waals surface area contributed by atoms with Gasteiger partial charge in [0.1, 0.15) is 0 Å². The minimum absolute atomic E-state index is 0.0416. The van der Waals surface area contributed by atoms with Crippen molar-refractivity contribution in [2.75, 3.05) is 5.32 Å². The molecule has 3 nitrogen and oxygen atoms in total. The second-order valence-electron chi connectivity index (χ2n) is 7.19. The highest BCUT2D eigenvalue weighted by molar-refractivity contribution is 6.74. The SMILES string of the molecule is CC(C)(C)[Si](C)(C)OC1CCC(=O)Nc2ccc(Cl)cc21. The Hall–Kier alpha value is -0.843. The van der Waals surface area contributed by atoms with Crippen molar-refractivity contribution in [3.05, 3.63) is 28.8 Å². The van der Waals surface area contributed by atoms with Crippen LogP contribution in [-0.2, 0) is 9.22 Å². The molecule has 0 fully saturated rings. The zero-order valence-electron chi connectivity index (χ0n) is 13.4. The van der Waals surface area contributed by atoms with Gasteiger partial charge < -0.3 is 9.74 Å². The number of hydrogen-bond acceptors (Lipinski definition) is 2. The molecule has 0 bridgehead atoms. The van der Waals surface area contributed by atoms with E-state index in [0.29, 0.717) is 17.9 Å². The first-order valence-electron chi connectivity index (χ1n) is 7.37. The number of anilines is 1. The van der Waals surface area contributed by atoms with E-state index in [2.05, 4.69) is 39.2 Å². The average Bonchev–Trinajstić information content (AvgIpc) is 2.48. The zero-order chi connectivity index (χ0) is 15.8. The third-order valence-electron chi connectivity index (χ3n) is 4.51. The van der Waals surface area contributed by atoms with Gasteiger partial charge in [0.05, 0.1) is 6.10 Å². The summed E-state index contributed by atoms with van der Waals surface area (Å²) in [4.78, 5) is 11.9. The van der Waals surface area contributed by atoms with Gasteiger partial charge in [-0.25, -0.2) is 0 Å². The van der Waals surface area contributed by atoms with Crippen LogP contribution in [0.2, 0.25) is 23.2 Å². The smallest absolute Gasteiger partial charge is 0.224 e. The standard InChI is InChI=1S/C16H24ClNO2Si/c1-16(2,3)21(4,5)20-14-8-9-15(19)18-13-7-6-11(17)10-12(13)14/h6-7,10,14H,8-9H2,1-5H3,(H,18,19). The molecule has 2 rings (SSSR count). The molecule has 116 valence electrons.